The van der Waals surface area contributed by atoms with Crippen molar-refractivity contribution >= 4 is 11.5 Å². The van der Waals surface area contributed by atoms with Crippen LogP contribution in [0.4, 0.5) is 5.69 Å². The van der Waals surface area contributed by atoms with Crippen molar-refractivity contribution in [2.75, 3.05) is 6.54 Å². The Morgan fingerprint density at radius 3 is 2.59 bits per heavy atom. The minimum absolute atomic E-state index is 0.524. The van der Waals surface area contributed by atoms with Crippen molar-refractivity contribution in [3.8, 4) is 0 Å². The van der Waals surface area contributed by atoms with E-state index in [-0.39, 0.29) is 0 Å². The summed E-state index contributed by atoms with van der Waals surface area (Å²) in [7, 11) is 0. The molecular weight excluding hydrogens is 210 g/mol. The molecule has 17 heavy (non-hydrogen) atoms. The minimum atomic E-state index is 0.524. The Hall–Kier alpha value is -1.35. The molecule has 0 heterocycles. The molecule has 3 heteroatoms. The molecule has 1 atom stereocenters. The summed E-state index contributed by atoms with van der Waals surface area (Å²) in [5.41, 5.74) is 2.32. The molecule has 0 aliphatic heterocycles. The lowest BCUT2D eigenvalue weighted by molar-refractivity contribution is 0.462. The van der Waals surface area contributed by atoms with Crippen LogP contribution < -0.4 is 5.84 Å². The number of hydrogen-bond acceptors (Lipinski definition) is 2. The highest BCUT2D eigenvalue weighted by Gasteiger charge is 2.08. The Kier molecular flexibility index (Phi) is 5.16. The Morgan fingerprint density at radius 2 is 2.00 bits per heavy atom. The van der Waals surface area contributed by atoms with Crippen molar-refractivity contribution < 1.29 is 0 Å². The van der Waals surface area contributed by atoms with Gasteiger partial charge in [0, 0.05) is 6.54 Å². The summed E-state index contributed by atoms with van der Waals surface area (Å²) in [6, 6.07) is 8.28. The van der Waals surface area contributed by atoms with E-state index in [4.69, 9.17) is 5.84 Å². The normalized spacial score (nSPS) is 13.6. The summed E-state index contributed by atoms with van der Waals surface area (Å²) in [5.74, 6) is 7.20. The Morgan fingerprint density at radius 1 is 1.35 bits per heavy atom. The van der Waals surface area contributed by atoms with E-state index in [1.807, 2.05) is 19.9 Å². The molecule has 0 saturated carbocycles. The third-order valence-electron chi connectivity index (χ3n) is 3.12. The summed E-state index contributed by atoms with van der Waals surface area (Å²) in [6.45, 7) is 9.14. The second kappa shape index (κ2) is 6.40. The maximum Gasteiger partial charge on any atom is 0.116 e. The van der Waals surface area contributed by atoms with E-state index in [0.717, 1.165) is 24.5 Å². The highest BCUT2D eigenvalue weighted by molar-refractivity contribution is 5.82. The van der Waals surface area contributed by atoms with Crippen molar-refractivity contribution in [3.63, 3.8) is 0 Å². The predicted octanol–water partition coefficient (Wildman–Crippen LogP) is 3.45. The second-order valence-corrected chi connectivity index (χ2v) is 4.31. The van der Waals surface area contributed by atoms with Crippen LogP contribution in [0.2, 0.25) is 0 Å². The molecule has 1 aromatic rings. The molecule has 0 aliphatic carbocycles. The van der Waals surface area contributed by atoms with Crippen LogP contribution in [0.1, 0.15) is 45.6 Å². The number of nitrogens with two attached hydrogens (primary N) is 1. The van der Waals surface area contributed by atoms with Crippen LogP contribution in [0, 0.1) is 0 Å². The van der Waals surface area contributed by atoms with E-state index in [1.165, 1.54) is 5.56 Å². The second-order valence-electron chi connectivity index (χ2n) is 4.31. The largest absolute Gasteiger partial charge is 0.299 e. The number of nitrogens with zero attached hydrogens (tertiary/aromatic N) is 2. The van der Waals surface area contributed by atoms with E-state index in [0.29, 0.717) is 5.92 Å². The van der Waals surface area contributed by atoms with Crippen LogP contribution in [0.25, 0.3) is 0 Å². The van der Waals surface area contributed by atoms with Crippen LogP contribution in [0.3, 0.4) is 0 Å². The quantitative estimate of drug-likeness (QED) is 0.374. The molecule has 0 radical (unpaired) electrons. The van der Waals surface area contributed by atoms with Crippen LogP contribution >= 0.6 is 0 Å². The van der Waals surface area contributed by atoms with Gasteiger partial charge in [-0.1, -0.05) is 32.0 Å². The van der Waals surface area contributed by atoms with Crippen LogP contribution in [-0.2, 0) is 0 Å². The fourth-order valence-electron chi connectivity index (χ4n) is 1.69. The minimum Gasteiger partial charge on any atom is -0.299 e. The highest BCUT2D eigenvalue weighted by Crippen LogP contribution is 2.28. The topological polar surface area (TPSA) is 41.6 Å². The fourth-order valence-corrected chi connectivity index (χ4v) is 1.69. The van der Waals surface area contributed by atoms with Gasteiger partial charge in [-0.2, -0.15) is 0 Å². The van der Waals surface area contributed by atoms with Crippen molar-refractivity contribution in [1.29, 1.82) is 0 Å². The number of hydrogen-bond donors (Lipinski definition) is 1. The molecule has 0 saturated heterocycles. The molecule has 3 nitrogen and oxygen atoms in total. The van der Waals surface area contributed by atoms with Crippen LogP contribution in [0.15, 0.2) is 29.3 Å². The molecule has 0 spiro atoms. The van der Waals surface area contributed by atoms with E-state index >= 15 is 0 Å². The summed E-state index contributed by atoms with van der Waals surface area (Å²) >= 11 is 0. The highest BCUT2D eigenvalue weighted by atomic mass is 15.4. The first kappa shape index (κ1) is 13.7. The number of para-hydroxylation sites is 1. The lowest BCUT2D eigenvalue weighted by Crippen LogP contribution is -2.35. The molecule has 1 rings (SSSR count). The summed E-state index contributed by atoms with van der Waals surface area (Å²) in [5, 5.41) is 1.66. The van der Waals surface area contributed by atoms with Gasteiger partial charge in [-0.05, 0) is 37.8 Å². The molecular formula is C14H23N3. The van der Waals surface area contributed by atoms with Gasteiger partial charge in [0.05, 0.1) is 5.69 Å². The molecule has 94 valence electrons. The summed E-state index contributed by atoms with van der Waals surface area (Å²) < 4.78 is 0. The van der Waals surface area contributed by atoms with Gasteiger partial charge >= 0.3 is 0 Å². The van der Waals surface area contributed by atoms with Gasteiger partial charge in [0.1, 0.15) is 5.84 Å². The predicted molar refractivity (Wildman–Crippen MR) is 74.5 cm³/mol. The molecule has 0 bridgehead atoms. The molecule has 0 aliphatic rings. The van der Waals surface area contributed by atoms with E-state index in [2.05, 4.69) is 37.0 Å². The van der Waals surface area contributed by atoms with E-state index in [1.54, 1.807) is 5.01 Å². The molecule has 1 unspecified atom stereocenters. The first-order chi connectivity index (χ1) is 8.10. The van der Waals surface area contributed by atoms with Crippen molar-refractivity contribution in [2.45, 2.75) is 40.0 Å². The van der Waals surface area contributed by atoms with Crippen LogP contribution in [-0.4, -0.2) is 17.4 Å². The van der Waals surface area contributed by atoms with Gasteiger partial charge in [-0.3, -0.25) is 5.01 Å². The maximum absolute atomic E-state index is 5.83. The first-order valence-electron chi connectivity index (χ1n) is 6.26. The molecule has 1 aromatic carbocycles. The molecule has 2 N–H and O–H groups in total. The molecule has 0 amide bonds. The SMILES string of the molecule is CCC(C)c1ccccc1N=C(C)N(N)CC. The Labute approximate surface area is 104 Å². The van der Waals surface area contributed by atoms with Crippen molar-refractivity contribution in [2.24, 2.45) is 10.8 Å². The van der Waals surface area contributed by atoms with Gasteiger partial charge < -0.3 is 0 Å². The Bertz CT molecular complexity index is 385. The van der Waals surface area contributed by atoms with Gasteiger partial charge in [0.25, 0.3) is 0 Å². The number of benzene rings is 1. The lowest BCUT2D eigenvalue weighted by atomic mass is 9.97. The molecule has 0 fully saturated rings. The number of amidine groups is 1. The number of aliphatic imine (C=N–C) groups is 1. The average Bonchev–Trinajstić information content (AvgIpc) is 2.37. The monoisotopic (exact) mass is 233 g/mol. The standard InChI is InChI=1S/C14H23N3/c1-5-11(3)13-9-7-8-10-14(13)16-12(4)17(15)6-2/h7-11H,5-6,15H2,1-4H3. The van der Waals surface area contributed by atoms with Crippen molar-refractivity contribution in [3.05, 3.63) is 29.8 Å². The third-order valence-corrected chi connectivity index (χ3v) is 3.12. The van der Waals surface area contributed by atoms with Gasteiger partial charge in [0.15, 0.2) is 0 Å². The summed E-state index contributed by atoms with van der Waals surface area (Å²) in [6.07, 6.45) is 1.12. The average molecular weight is 233 g/mol. The van der Waals surface area contributed by atoms with E-state index < -0.39 is 0 Å². The maximum atomic E-state index is 5.83. The zero-order chi connectivity index (χ0) is 12.8. The van der Waals surface area contributed by atoms with Gasteiger partial charge in [-0.15, -0.1) is 0 Å². The molecule has 0 aromatic heterocycles. The Balaban J connectivity index is 3.05. The first-order valence-corrected chi connectivity index (χ1v) is 6.26. The zero-order valence-electron chi connectivity index (χ0n) is 11.3. The number of rotatable bonds is 4. The van der Waals surface area contributed by atoms with Gasteiger partial charge in [0.2, 0.25) is 0 Å². The van der Waals surface area contributed by atoms with Crippen molar-refractivity contribution in [1.82, 2.24) is 5.01 Å². The summed E-state index contributed by atoms with van der Waals surface area (Å²) in [4.78, 5) is 4.62. The third kappa shape index (κ3) is 3.56. The van der Waals surface area contributed by atoms with Crippen LogP contribution in [0.5, 0.6) is 0 Å². The van der Waals surface area contributed by atoms with E-state index in [9.17, 15) is 0 Å². The lowest BCUT2D eigenvalue weighted by Gasteiger charge is -2.17. The number of hydrazine groups is 1. The smallest absolute Gasteiger partial charge is 0.116 e. The fraction of sp³-hybridized carbons (Fsp3) is 0.500. The zero-order valence-corrected chi connectivity index (χ0v) is 11.3. The van der Waals surface area contributed by atoms with Gasteiger partial charge in [-0.25, -0.2) is 10.8 Å².